The maximum Gasteiger partial charge on any atom is 0.257 e. The molecule has 3 rings (SSSR count). The van der Waals surface area contributed by atoms with Crippen molar-refractivity contribution in [3.8, 4) is 5.75 Å². The van der Waals surface area contributed by atoms with Crippen molar-refractivity contribution in [3.05, 3.63) is 53.6 Å². The van der Waals surface area contributed by atoms with E-state index in [0.29, 0.717) is 11.3 Å². The molecule has 2 N–H and O–H groups in total. The van der Waals surface area contributed by atoms with Crippen molar-refractivity contribution < 1.29 is 14.7 Å². The predicted octanol–water partition coefficient (Wildman–Crippen LogP) is 2.36. The van der Waals surface area contributed by atoms with Crippen LogP contribution >= 0.6 is 0 Å². The van der Waals surface area contributed by atoms with Crippen molar-refractivity contribution in [2.24, 2.45) is 0 Å². The van der Waals surface area contributed by atoms with Gasteiger partial charge in [-0.1, -0.05) is 18.2 Å². The molecule has 1 aliphatic heterocycles. The molecule has 112 valence electrons. The van der Waals surface area contributed by atoms with Crippen LogP contribution in [0.1, 0.15) is 22.8 Å². The number of imide groups is 1. The first-order valence-corrected chi connectivity index (χ1v) is 7.06. The van der Waals surface area contributed by atoms with Crippen LogP contribution in [0.2, 0.25) is 0 Å². The lowest BCUT2D eigenvalue weighted by molar-refractivity contribution is -0.118. The van der Waals surface area contributed by atoms with Gasteiger partial charge in [-0.25, -0.2) is 0 Å². The summed E-state index contributed by atoms with van der Waals surface area (Å²) < 4.78 is 0. The van der Waals surface area contributed by atoms with Crippen molar-refractivity contribution in [2.45, 2.75) is 13.3 Å². The first kappa shape index (κ1) is 14.1. The molecule has 0 aliphatic carbocycles. The van der Waals surface area contributed by atoms with E-state index in [9.17, 15) is 14.7 Å². The van der Waals surface area contributed by atoms with Gasteiger partial charge in [0.2, 0.25) is 5.91 Å². The van der Waals surface area contributed by atoms with E-state index in [1.165, 1.54) is 6.92 Å². The highest BCUT2D eigenvalue weighted by Crippen LogP contribution is 2.39. The summed E-state index contributed by atoms with van der Waals surface area (Å²) in [5.41, 5.74) is 3.14. The fourth-order valence-corrected chi connectivity index (χ4v) is 2.70. The third kappa shape index (κ3) is 2.53. The lowest BCUT2D eigenvalue weighted by Crippen LogP contribution is -2.28. The summed E-state index contributed by atoms with van der Waals surface area (Å²) in [6.07, 6.45) is 0.846. The van der Waals surface area contributed by atoms with Gasteiger partial charge < -0.3 is 10.0 Å². The number of phenols is 1. The number of fused-ring (bicyclic) bond motifs is 1. The number of benzene rings is 2. The summed E-state index contributed by atoms with van der Waals surface area (Å²) in [7, 11) is 0. The largest absolute Gasteiger partial charge is 0.506 e. The second-order valence-corrected chi connectivity index (χ2v) is 5.24. The second kappa shape index (κ2) is 5.52. The average Bonchev–Trinajstić information content (AvgIpc) is 2.90. The summed E-state index contributed by atoms with van der Waals surface area (Å²) in [6, 6.07) is 12.5. The van der Waals surface area contributed by atoms with Crippen molar-refractivity contribution >= 4 is 23.2 Å². The van der Waals surface area contributed by atoms with Crippen LogP contribution in [0.3, 0.4) is 0 Å². The Labute approximate surface area is 128 Å². The van der Waals surface area contributed by atoms with E-state index in [2.05, 4.69) is 5.32 Å². The van der Waals surface area contributed by atoms with E-state index >= 15 is 0 Å². The molecule has 0 saturated heterocycles. The molecule has 2 amide bonds. The van der Waals surface area contributed by atoms with Crippen LogP contribution in [0, 0.1) is 0 Å². The van der Waals surface area contributed by atoms with Crippen LogP contribution in [0.15, 0.2) is 42.5 Å². The molecule has 2 aromatic carbocycles. The van der Waals surface area contributed by atoms with Gasteiger partial charge in [0.15, 0.2) is 0 Å². The predicted molar refractivity (Wildman–Crippen MR) is 83.4 cm³/mol. The molecule has 0 atom stereocenters. The van der Waals surface area contributed by atoms with Gasteiger partial charge in [-0.15, -0.1) is 0 Å². The van der Waals surface area contributed by atoms with Crippen molar-refractivity contribution in [1.82, 2.24) is 5.32 Å². The van der Waals surface area contributed by atoms with Gasteiger partial charge in [0.05, 0.1) is 5.69 Å². The minimum absolute atomic E-state index is 0.203. The Hall–Kier alpha value is -2.82. The second-order valence-electron chi connectivity index (χ2n) is 5.24. The normalized spacial score (nSPS) is 12.9. The number of carbonyl (C=O) groups is 2. The number of hydrogen-bond donors (Lipinski definition) is 2. The molecular formula is C17H16N2O3. The fraction of sp³-hybridized carbons (Fsp3) is 0.176. The molecule has 0 bridgehead atoms. The number of carbonyl (C=O) groups excluding carboxylic acids is 2. The molecule has 0 fully saturated rings. The molecular weight excluding hydrogens is 280 g/mol. The van der Waals surface area contributed by atoms with Crippen LogP contribution in [0.4, 0.5) is 11.4 Å². The van der Waals surface area contributed by atoms with E-state index in [4.69, 9.17) is 0 Å². The highest BCUT2D eigenvalue weighted by atomic mass is 16.3. The molecule has 0 aromatic heterocycles. The standard InChI is InChI=1S/C17H16N2O3/c1-11(20)18-17(22)13-7-6-12-8-9-19(15(12)10-13)14-4-2-3-5-16(14)21/h2-7,10,21H,8-9H2,1H3,(H,18,20,22). The Morgan fingerprint density at radius 2 is 1.91 bits per heavy atom. The number of amides is 2. The Bertz CT molecular complexity index is 755. The summed E-state index contributed by atoms with van der Waals surface area (Å²) in [4.78, 5) is 25.0. The third-order valence-corrected chi connectivity index (χ3v) is 3.71. The van der Waals surface area contributed by atoms with Gasteiger partial charge in [-0.2, -0.15) is 0 Å². The minimum Gasteiger partial charge on any atom is -0.506 e. The van der Waals surface area contributed by atoms with Gasteiger partial charge in [-0.05, 0) is 36.2 Å². The van der Waals surface area contributed by atoms with Crippen molar-refractivity contribution in [3.63, 3.8) is 0 Å². The summed E-state index contributed by atoms with van der Waals surface area (Å²) in [5.74, 6) is -0.601. The van der Waals surface area contributed by atoms with Crippen LogP contribution in [0.5, 0.6) is 5.75 Å². The SMILES string of the molecule is CC(=O)NC(=O)c1ccc2c(c1)N(c1ccccc1O)CC2. The molecule has 0 spiro atoms. The molecule has 1 heterocycles. The van der Waals surface area contributed by atoms with E-state index in [1.54, 1.807) is 24.3 Å². The van der Waals surface area contributed by atoms with E-state index in [0.717, 1.165) is 24.2 Å². The fourth-order valence-electron chi connectivity index (χ4n) is 2.70. The number of hydrogen-bond acceptors (Lipinski definition) is 4. The zero-order valence-corrected chi connectivity index (χ0v) is 12.2. The Morgan fingerprint density at radius 3 is 2.64 bits per heavy atom. The molecule has 22 heavy (non-hydrogen) atoms. The van der Waals surface area contributed by atoms with Gasteiger partial charge in [0.25, 0.3) is 5.91 Å². The van der Waals surface area contributed by atoms with Gasteiger partial charge in [-0.3, -0.25) is 14.9 Å². The third-order valence-electron chi connectivity index (χ3n) is 3.71. The maximum atomic E-state index is 12.0. The van der Waals surface area contributed by atoms with Crippen molar-refractivity contribution in [2.75, 3.05) is 11.4 Å². The smallest absolute Gasteiger partial charge is 0.257 e. The first-order chi connectivity index (χ1) is 10.6. The lowest BCUT2D eigenvalue weighted by atomic mass is 10.1. The monoisotopic (exact) mass is 296 g/mol. The highest BCUT2D eigenvalue weighted by molar-refractivity contribution is 6.04. The molecule has 2 aromatic rings. The Kier molecular flexibility index (Phi) is 3.55. The molecule has 0 radical (unpaired) electrons. The van der Waals surface area contributed by atoms with E-state index < -0.39 is 5.91 Å². The van der Waals surface area contributed by atoms with Crippen molar-refractivity contribution in [1.29, 1.82) is 0 Å². The van der Waals surface area contributed by atoms with Gasteiger partial charge >= 0.3 is 0 Å². The minimum atomic E-state index is -0.417. The maximum absolute atomic E-state index is 12.0. The Morgan fingerprint density at radius 1 is 1.14 bits per heavy atom. The zero-order valence-electron chi connectivity index (χ0n) is 12.2. The van der Waals surface area contributed by atoms with Crippen LogP contribution < -0.4 is 10.2 Å². The Balaban J connectivity index is 1.98. The van der Waals surface area contributed by atoms with E-state index in [1.807, 2.05) is 23.1 Å². The average molecular weight is 296 g/mol. The van der Waals surface area contributed by atoms with Crippen LogP contribution in [0.25, 0.3) is 0 Å². The number of phenolic OH excluding ortho intramolecular Hbond substituents is 1. The zero-order chi connectivity index (χ0) is 15.7. The number of rotatable bonds is 2. The molecule has 1 aliphatic rings. The van der Waals surface area contributed by atoms with Gasteiger partial charge in [0.1, 0.15) is 5.75 Å². The quantitative estimate of drug-likeness (QED) is 0.892. The molecule has 5 nitrogen and oxygen atoms in total. The lowest BCUT2D eigenvalue weighted by Gasteiger charge is -2.21. The molecule has 5 heteroatoms. The number of nitrogens with zero attached hydrogens (tertiary/aromatic N) is 1. The summed E-state index contributed by atoms with van der Waals surface area (Å²) >= 11 is 0. The highest BCUT2D eigenvalue weighted by Gasteiger charge is 2.23. The number of aromatic hydroxyl groups is 1. The topological polar surface area (TPSA) is 69.6 Å². The van der Waals surface area contributed by atoms with Gasteiger partial charge in [0, 0.05) is 24.7 Å². The number of nitrogens with one attached hydrogen (secondary N) is 1. The molecule has 0 saturated carbocycles. The summed E-state index contributed by atoms with van der Waals surface area (Å²) in [6.45, 7) is 2.05. The van der Waals surface area contributed by atoms with E-state index in [-0.39, 0.29) is 11.7 Å². The first-order valence-electron chi connectivity index (χ1n) is 7.06. The number of anilines is 2. The number of para-hydroxylation sites is 2. The molecule has 0 unspecified atom stereocenters. The van der Waals surface area contributed by atoms with Crippen LogP contribution in [-0.4, -0.2) is 23.5 Å². The van der Waals surface area contributed by atoms with Crippen LogP contribution in [-0.2, 0) is 11.2 Å². The summed E-state index contributed by atoms with van der Waals surface area (Å²) in [5, 5.41) is 12.3.